The second kappa shape index (κ2) is 9.40. The fraction of sp³-hybridized carbons (Fsp3) is 0.346. The maximum Gasteiger partial charge on any atom is 0.305 e. The van der Waals surface area contributed by atoms with Crippen LogP contribution < -0.4 is 5.32 Å². The number of carboxylic acids is 1. The minimum Gasteiger partial charge on any atom is -0.505 e. The smallest absolute Gasteiger partial charge is 0.305 e. The largest absolute Gasteiger partial charge is 0.505 e. The highest BCUT2D eigenvalue weighted by Gasteiger charge is 2.33. The maximum atomic E-state index is 14.0. The molecule has 1 atom stereocenters. The lowest BCUT2D eigenvalue weighted by molar-refractivity contribution is -0.138. The van der Waals surface area contributed by atoms with Gasteiger partial charge >= 0.3 is 5.97 Å². The zero-order chi connectivity index (χ0) is 24.5. The van der Waals surface area contributed by atoms with Crippen LogP contribution in [0.5, 0.6) is 5.75 Å². The number of amides is 1. The maximum absolute atomic E-state index is 14.0. The topological polar surface area (TPSA) is 108 Å². The average Bonchev–Trinajstić information content (AvgIpc) is 3.27. The van der Waals surface area contributed by atoms with Crippen molar-refractivity contribution in [2.45, 2.75) is 44.7 Å². The molecule has 4 heterocycles. The van der Waals surface area contributed by atoms with Crippen LogP contribution in [0.25, 0.3) is 0 Å². The number of carbonyl (C=O) groups is 2. The number of fused-ring (bicyclic) bond motifs is 2. The summed E-state index contributed by atoms with van der Waals surface area (Å²) in [6.07, 6.45) is 5.23. The lowest BCUT2D eigenvalue weighted by Crippen LogP contribution is -2.43. The molecule has 8 nitrogen and oxygen atoms in total. The van der Waals surface area contributed by atoms with E-state index in [2.05, 4.69) is 17.4 Å². The summed E-state index contributed by atoms with van der Waals surface area (Å²) in [5, 5.41) is 22.3. The molecule has 1 unspecified atom stereocenters. The Morgan fingerprint density at radius 1 is 1.17 bits per heavy atom. The molecule has 0 bridgehead atoms. The van der Waals surface area contributed by atoms with E-state index in [-0.39, 0.29) is 12.3 Å². The minimum absolute atomic E-state index is 0.293. The van der Waals surface area contributed by atoms with Gasteiger partial charge in [0, 0.05) is 31.5 Å². The van der Waals surface area contributed by atoms with Crippen molar-refractivity contribution in [2.24, 2.45) is 0 Å². The number of nitrogens with one attached hydrogen (secondary N) is 1. The molecule has 9 heteroatoms. The number of aromatic hydroxyl groups is 1. The molecule has 2 aliphatic rings. The number of carboxylic acid groups (broad SMARTS) is 1. The summed E-state index contributed by atoms with van der Waals surface area (Å²) in [4.78, 5) is 31.1. The first-order valence-electron chi connectivity index (χ1n) is 11.8. The van der Waals surface area contributed by atoms with Crippen LogP contribution in [0.1, 0.15) is 51.8 Å². The van der Waals surface area contributed by atoms with E-state index in [4.69, 9.17) is 4.98 Å². The molecular weight excluding hydrogens is 451 g/mol. The summed E-state index contributed by atoms with van der Waals surface area (Å²) < 4.78 is 15.9. The Morgan fingerprint density at radius 3 is 2.83 bits per heavy atom. The number of phenols is 1. The van der Waals surface area contributed by atoms with Gasteiger partial charge in [0.1, 0.15) is 11.5 Å². The third-order valence-corrected chi connectivity index (χ3v) is 6.74. The van der Waals surface area contributed by atoms with Crippen molar-refractivity contribution < 1.29 is 24.2 Å². The van der Waals surface area contributed by atoms with Gasteiger partial charge in [-0.25, -0.2) is 9.37 Å². The van der Waals surface area contributed by atoms with E-state index in [9.17, 15) is 24.2 Å². The first-order chi connectivity index (χ1) is 16.9. The number of aromatic nitrogens is 2. The lowest BCUT2D eigenvalue weighted by atomic mass is 10.00. The van der Waals surface area contributed by atoms with E-state index >= 15 is 0 Å². The first kappa shape index (κ1) is 22.9. The van der Waals surface area contributed by atoms with Gasteiger partial charge in [-0.2, -0.15) is 0 Å². The molecule has 0 fully saturated rings. The number of nitrogens with zero attached hydrogens (tertiary/aromatic N) is 3. The summed E-state index contributed by atoms with van der Waals surface area (Å²) in [7, 11) is 0. The summed E-state index contributed by atoms with van der Waals surface area (Å²) in [6.45, 7) is 1.76. The number of phenolic OH excluding ortho intramolecular Hbond substituents is 1. The van der Waals surface area contributed by atoms with Crippen molar-refractivity contribution in [2.75, 3.05) is 18.4 Å². The number of carbonyl (C=O) groups excluding carboxylic acids is 1. The number of aliphatic carboxylic acids is 1. The van der Waals surface area contributed by atoms with E-state index in [1.165, 1.54) is 22.6 Å². The second-order valence-corrected chi connectivity index (χ2v) is 9.09. The highest BCUT2D eigenvalue weighted by molar-refractivity contribution is 5.94. The van der Waals surface area contributed by atoms with Crippen molar-refractivity contribution in [3.63, 3.8) is 0 Å². The van der Waals surface area contributed by atoms with Gasteiger partial charge in [-0.05, 0) is 66.6 Å². The molecule has 2 aromatic heterocycles. The lowest BCUT2D eigenvalue weighted by Gasteiger charge is -2.35. The predicted octanol–water partition coefficient (Wildman–Crippen LogP) is 3.54. The van der Waals surface area contributed by atoms with Gasteiger partial charge in [-0.3, -0.25) is 9.59 Å². The standard InChI is InChI=1S/C26H27FN4O4/c27-20-13-18(5-8-23(20)32)21(14-24(33)34)31-11-10-30-15-16(12-22(30)26(31)35)3-6-19-7-4-17-2-1-9-28-25(17)29-19/h4-5,7-8,12-13,15,21,32H,1-3,6,9-11,14H2,(H,28,29)(H,33,34). The SMILES string of the molecule is O=C(O)CC(c1ccc(O)c(F)c1)N1CCn2cc(CCc3ccc4c(n3)NCCC4)cc2C1=O. The molecule has 2 aliphatic heterocycles. The van der Waals surface area contributed by atoms with Crippen molar-refractivity contribution in [1.29, 1.82) is 0 Å². The third kappa shape index (κ3) is 4.71. The van der Waals surface area contributed by atoms with Crippen LogP contribution in [0.2, 0.25) is 0 Å². The molecule has 3 aromatic rings. The van der Waals surface area contributed by atoms with Crippen LogP contribution in [0, 0.1) is 5.82 Å². The molecule has 182 valence electrons. The molecule has 3 N–H and O–H groups in total. The molecule has 0 spiro atoms. The van der Waals surface area contributed by atoms with Crippen LogP contribution in [0.15, 0.2) is 42.6 Å². The van der Waals surface area contributed by atoms with Gasteiger partial charge in [-0.1, -0.05) is 12.1 Å². The van der Waals surface area contributed by atoms with Crippen LogP contribution >= 0.6 is 0 Å². The van der Waals surface area contributed by atoms with Crippen molar-refractivity contribution in [1.82, 2.24) is 14.5 Å². The van der Waals surface area contributed by atoms with Gasteiger partial charge in [0.2, 0.25) is 0 Å². The monoisotopic (exact) mass is 478 g/mol. The van der Waals surface area contributed by atoms with Crippen LogP contribution in [0.4, 0.5) is 10.2 Å². The van der Waals surface area contributed by atoms with Gasteiger partial charge < -0.3 is 25.0 Å². The molecular formula is C26H27FN4O4. The summed E-state index contributed by atoms with van der Waals surface area (Å²) >= 11 is 0. The van der Waals surface area contributed by atoms with Crippen molar-refractivity contribution in [3.05, 3.63) is 76.5 Å². The van der Waals surface area contributed by atoms with E-state index in [0.717, 1.165) is 55.4 Å². The Balaban J connectivity index is 1.33. The van der Waals surface area contributed by atoms with Crippen LogP contribution in [-0.2, 0) is 30.6 Å². The van der Waals surface area contributed by atoms with Gasteiger partial charge in [0.25, 0.3) is 5.91 Å². The quantitative estimate of drug-likeness (QED) is 0.480. The number of hydrogen-bond donors (Lipinski definition) is 3. The average molecular weight is 479 g/mol. The molecule has 1 aromatic carbocycles. The molecule has 35 heavy (non-hydrogen) atoms. The number of aryl methyl sites for hydroxylation is 3. The number of rotatable bonds is 7. The first-order valence-corrected chi connectivity index (χ1v) is 11.8. The Hall–Kier alpha value is -3.88. The Morgan fingerprint density at radius 2 is 2.03 bits per heavy atom. The number of hydrogen-bond acceptors (Lipinski definition) is 5. The zero-order valence-corrected chi connectivity index (χ0v) is 19.2. The number of benzene rings is 1. The molecule has 0 radical (unpaired) electrons. The van der Waals surface area contributed by atoms with Crippen molar-refractivity contribution in [3.8, 4) is 5.75 Å². The fourth-order valence-electron chi connectivity index (χ4n) is 4.92. The minimum atomic E-state index is -1.09. The third-order valence-electron chi connectivity index (χ3n) is 6.74. The van der Waals surface area contributed by atoms with Gasteiger partial charge in [-0.15, -0.1) is 0 Å². The molecule has 5 rings (SSSR count). The molecule has 0 aliphatic carbocycles. The summed E-state index contributed by atoms with van der Waals surface area (Å²) in [6, 6.07) is 8.93. The summed E-state index contributed by atoms with van der Waals surface area (Å²) in [5.41, 5.74) is 4.07. The number of pyridine rings is 1. The van der Waals surface area contributed by atoms with E-state index in [1.807, 2.05) is 16.8 Å². The Kier molecular flexibility index (Phi) is 6.15. The number of halogens is 1. The Labute approximate surface area is 202 Å². The van der Waals surface area contributed by atoms with E-state index in [1.54, 1.807) is 0 Å². The molecule has 1 amide bonds. The summed E-state index contributed by atoms with van der Waals surface area (Å²) in [5.74, 6) is -1.79. The van der Waals surface area contributed by atoms with Crippen molar-refractivity contribution >= 4 is 17.7 Å². The van der Waals surface area contributed by atoms with Crippen LogP contribution in [-0.4, -0.2) is 49.6 Å². The second-order valence-electron chi connectivity index (χ2n) is 9.09. The zero-order valence-electron chi connectivity index (χ0n) is 19.2. The van der Waals surface area contributed by atoms with Crippen LogP contribution in [0.3, 0.4) is 0 Å². The Bertz CT molecular complexity index is 1290. The molecule has 0 saturated carbocycles. The van der Waals surface area contributed by atoms with E-state index in [0.29, 0.717) is 24.3 Å². The highest BCUT2D eigenvalue weighted by Crippen LogP contribution is 2.31. The van der Waals surface area contributed by atoms with Gasteiger partial charge in [0.05, 0.1) is 12.5 Å². The van der Waals surface area contributed by atoms with Gasteiger partial charge in [0.15, 0.2) is 11.6 Å². The molecule has 0 saturated heterocycles. The number of anilines is 1. The predicted molar refractivity (Wildman–Crippen MR) is 127 cm³/mol. The fourth-order valence-corrected chi connectivity index (χ4v) is 4.92. The van der Waals surface area contributed by atoms with E-state index < -0.39 is 23.6 Å². The normalized spacial score (nSPS) is 15.8. The highest BCUT2D eigenvalue weighted by atomic mass is 19.1.